The van der Waals surface area contributed by atoms with E-state index in [9.17, 15) is 9.59 Å². The van der Waals surface area contributed by atoms with Crippen molar-refractivity contribution >= 4 is 41.0 Å². The van der Waals surface area contributed by atoms with Crippen molar-refractivity contribution in [2.24, 2.45) is 0 Å². The molecular weight excluding hydrogens is 453 g/mol. The van der Waals surface area contributed by atoms with Gasteiger partial charge in [0.05, 0.1) is 16.3 Å². The molecule has 2 aromatic carbocycles. The molecule has 0 aromatic heterocycles. The summed E-state index contributed by atoms with van der Waals surface area (Å²) in [4.78, 5) is 28.9. The molecule has 2 N–H and O–H groups in total. The molecule has 174 valence electrons. The molecule has 0 spiro atoms. The minimum absolute atomic E-state index is 0.204. The maximum absolute atomic E-state index is 10.1. The summed E-state index contributed by atoms with van der Waals surface area (Å²) in [6.45, 7) is 12.4. The molecule has 3 rings (SSSR count). The number of hydrogen-bond donors (Lipinski definition) is 2. The van der Waals surface area contributed by atoms with Crippen molar-refractivity contribution in [3.05, 3.63) is 84.6 Å². The van der Waals surface area contributed by atoms with Crippen LogP contribution in [-0.2, 0) is 19.1 Å². The number of carbonyl (C=O) groups excluding carboxylic acids is 2. The molecule has 32 heavy (non-hydrogen) atoms. The fraction of sp³-hybridized carbons (Fsp3) is 0.208. The Morgan fingerprint density at radius 2 is 1.62 bits per heavy atom. The molecule has 1 saturated heterocycles. The maximum atomic E-state index is 10.1. The predicted octanol–water partition coefficient (Wildman–Crippen LogP) is 6.14. The molecule has 0 radical (unpaired) electrons. The lowest BCUT2D eigenvalue weighted by Crippen LogP contribution is -2.12. The summed E-state index contributed by atoms with van der Waals surface area (Å²) in [5.74, 6) is -0.958. The molecule has 1 heterocycles. The van der Waals surface area contributed by atoms with Crippen LogP contribution < -0.4 is 5.32 Å². The highest BCUT2D eigenvalue weighted by Gasteiger charge is 2.06. The van der Waals surface area contributed by atoms with E-state index in [1.165, 1.54) is 6.92 Å². The second-order valence-electron chi connectivity index (χ2n) is 5.72. The monoisotopic (exact) mass is 481 g/mol. The lowest BCUT2D eigenvalue weighted by atomic mass is 10.1. The van der Waals surface area contributed by atoms with E-state index in [2.05, 4.69) is 29.8 Å². The average molecular weight is 482 g/mol. The molecule has 1 aliphatic rings. The molecule has 6 nitrogen and oxygen atoms in total. The van der Waals surface area contributed by atoms with Crippen molar-refractivity contribution in [3.63, 3.8) is 0 Å². The average Bonchev–Trinajstić information content (AvgIpc) is 3.23. The van der Waals surface area contributed by atoms with Crippen LogP contribution in [0.2, 0.25) is 10.0 Å². The number of nitrogens with one attached hydrogen (secondary N) is 1. The lowest BCUT2D eigenvalue weighted by molar-refractivity contribution is -0.136. The van der Waals surface area contributed by atoms with E-state index in [1.807, 2.05) is 42.5 Å². The summed E-state index contributed by atoms with van der Waals surface area (Å²) in [5.41, 5.74) is 2.06. The van der Waals surface area contributed by atoms with Gasteiger partial charge < -0.3 is 15.2 Å². The number of ether oxygens (including phenoxy) is 1. The molecular formula is C24H29Cl2NO5. The fourth-order valence-electron chi connectivity index (χ4n) is 2.03. The largest absolute Gasteiger partial charge is 0.481 e. The van der Waals surface area contributed by atoms with E-state index < -0.39 is 5.97 Å². The van der Waals surface area contributed by atoms with Crippen LogP contribution in [0.25, 0.3) is 11.1 Å². The van der Waals surface area contributed by atoms with E-state index in [1.54, 1.807) is 6.07 Å². The summed E-state index contributed by atoms with van der Waals surface area (Å²) in [6.07, 6.45) is 2.86. The zero-order valence-corrected chi connectivity index (χ0v) is 19.8. The first kappa shape index (κ1) is 31.1. The van der Waals surface area contributed by atoms with E-state index >= 15 is 0 Å². The van der Waals surface area contributed by atoms with Crippen molar-refractivity contribution < 1.29 is 24.2 Å². The van der Waals surface area contributed by atoms with Gasteiger partial charge in [0.1, 0.15) is 0 Å². The van der Waals surface area contributed by atoms with Crippen molar-refractivity contribution in [1.82, 2.24) is 5.32 Å². The van der Waals surface area contributed by atoms with E-state index in [4.69, 9.17) is 33.1 Å². The highest BCUT2D eigenvalue weighted by Crippen LogP contribution is 2.32. The Labute approximate surface area is 199 Å². The van der Waals surface area contributed by atoms with Gasteiger partial charge in [-0.25, -0.2) is 0 Å². The Balaban J connectivity index is 0. The fourth-order valence-corrected chi connectivity index (χ4v) is 2.44. The van der Waals surface area contributed by atoms with Gasteiger partial charge in [0, 0.05) is 32.4 Å². The highest BCUT2D eigenvalue weighted by atomic mass is 35.5. The minimum atomic E-state index is -0.833. The van der Waals surface area contributed by atoms with Gasteiger partial charge in [-0.15, -0.1) is 13.2 Å². The number of benzene rings is 2. The molecule has 0 unspecified atom stereocenters. The number of esters is 1. The van der Waals surface area contributed by atoms with Crippen LogP contribution >= 0.6 is 23.2 Å². The van der Waals surface area contributed by atoms with Gasteiger partial charge in [-0.3, -0.25) is 14.4 Å². The third kappa shape index (κ3) is 16.7. The third-order valence-electron chi connectivity index (χ3n) is 3.19. The number of carboxylic acids is 1. The van der Waals surface area contributed by atoms with Crippen LogP contribution in [-0.4, -0.2) is 29.5 Å². The Kier molecular flexibility index (Phi) is 19.3. The number of hydrogen-bond acceptors (Lipinski definition) is 4. The van der Waals surface area contributed by atoms with E-state index in [0.29, 0.717) is 10.0 Å². The first-order valence-electron chi connectivity index (χ1n) is 9.42. The Hall–Kier alpha value is -3.09. The van der Waals surface area contributed by atoms with Crippen LogP contribution in [0, 0.1) is 0 Å². The quantitative estimate of drug-likeness (QED) is 0.305. The number of amides is 1. The first-order valence-corrected chi connectivity index (χ1v) is 10.2. The van der Waals surface area contributed by atoms with E-state index in [0.717, 1.165) is 43.7 Å². The van der Waals surface area contributed by atoms with Crippen LogP contribution in [0.4, 0.5) is 0 Å². The molecule has 0 aliphatic carbocycles. The van der Waals surface area contributed by atoms with Crippen LogP contribution in [0.3, 0.4) is 0 Å². The second kappa shape index (κ2) is 19.8. The minimum Gasteiger partial charge on any atom is -0.481 e. The second-order valence-corrected chi connectivity index (χ2v) is 6.50. The summed E-state index contributed by atoms with van der Waals surface area (Å²) in [5, 5.41) is 11.3. The predicted molar refractivity (Wildman–Crippen MR) is 131 cm³/mol. The SMILES string of the molecule is C=C.C=COC(C)=O.CC(=O)O.Clc1cccc(-c2ccccc2)c1Cl.O=C1CCCN1. The number of rotatable bonds is 2. The zero-order valence-electron chi connectivity index (χ0n) is 18.3. The standard InChI is InChI=1S/C12H8Cl2.C4H7NO.C4H6O2.C2H4O2.C2H4/c13-11-8-4-7-10(12(11)14)9-5-2-1-3-6-9;6-4-2-1-3-5-4;1-3-6-4(2)5;1-2(3)4;1-2/h1-8H;1-3H2,(H,5,6);3H,1H2,2H3;1H3,(H,3,4);1-2H2. The summed E-state index contributed by atoms with van der Waals surface area (Å²) < 4.78 is 4.17. The Bertz CT molecular complexity index is 830. The smallest absolute Gasteiger partial charge is 0.307 e. The normalized spacial score (nSPS) is 10.6. The Morgan fingerprint density at radius 3 is 1.97 bits per heavy atom. The molecule has 2 aromatic rings. The topological polar surface area (TPSA) is 92.7 Å². The van der Waals surface area contributed by atoms with Crippen LogP contribution in [0.15, 0.2) is 74.5 Å². The van der Waals surface area contributed by atoms with Gasteiger partial charge in [-0.1, -0.05) is 72.2 Å². The number of halogens is 2. The van der Waals surface area contributed by atoms with Gasteiger partial charge in [0.2, 0.25) is 5.91 Å². The number of aliphatic carboxylic acids is 1. The van der Waals surface area contributed by atoms with E-state index in [-0.39, 0.29) is 11.9 Å². The van der Waals surface area contributed by atoms with Crippen molar-refractivity contribution in [2.75, 3.05) is 6.54 Å². The zero-order chi connectivity index (χ0) is 24.9. The summed E-state index contributed by atoms with van der Waals surface area (Å²) in [6, 6.07) is 15.6. The van der Waals surface area contributed by atoms with Gasteiger partial charge in [0.15, 0.2) is 0 Å². The van der Waals surface area contributed by atoms with Gasteiger partial charge in [-0.05, 0) is 18.1 Å². The van der Waals surface area contributed by atoms with Crippen molar-refractivity contribution in [1.29, 1.82) is 0 Å². The summed E-state index contributed by atoms with van der Waals surface area (Å²) in [7, 11) is 0. The molecule has 0 bridgehead atoms. The van der Waals surface area contributed by atoms with Crippen molar-refractivity contribution in [2.45, 2.75) is 26.7 Å². The molecule has 0 atom stereocenters. The van der Waals surface area contributed by atoms with Gasteiger partial charge >= 0.3 is 5.97 Å². The summed E-state index contributed by atoms with van der Waals surface area (Å²) >= 11 is 12.0. The molecule has 1 amide bonds. The maximum Gasteiger partial charge on any atom is 0.307 e. The lowest BCUT2D eigenvalue weighted by Gasteiger charge is -2.04. The van der Waals surface area contributed by atoms with Crippen LogP contribution in [0.1, 0.15) is 26.7 Å². The van der Waals surface area contributed by atoms with Crippen molar-refractivity contribution in [3.8, 4) is 11.1 Å². The third-order valence-corrected chi connectivity index (χ3v) is 4.01. The first-order chi connectivity index (χ1) is 15.2. The molecule has 0 saturated carbocycles. The molecule has 8 heteroatoms. The molecule has 1 fully saturated rings. The molecule has 1 aliphatic heterocycles. The van der Waals surface area contributed by atoms with Gasteiger partial charge in [-0.2, -0.15) is 0 Å². The number of carbonyl (C=O) groups is 3. The Morgan fingerprint density at radius 1 is 1.06 bits per heavy atom. The van der Waals surface area contributed by atoms with Gasteiger partial charge in [0.25, 0.3) is 5.97 Å². The highest BCUT2D eigenvalue weighted by molar-refractivity contribution is 6.43. The number of carboxylic acid groups (broad SMARTS) is 1. The van der Waals surface area contributed by atoms with Crippen LogP contribution in [0.5, 0.6) is 0 Å².